The second-order valence-corrected chi connectivity index (χ2v) is 3.95. The van der Waals surface area contributed by atoms with E-state index in [1.807, 2.05) is 0 Å². The Morgan fingerprint density at radius 1 is 1.17 bits per heavy atom. The quantitative estimate of drug-likeness (QED) is 0.300. The summed E-state index contributed by atoms with van der Waals surface area (Å²) in [5.74, 6) is 0.202. The van der Waals surface area contributed by atoms with E-state index in [0.29, 0.717) is 0 Å². The second kappa shape index (κ2) is 6.06. The van der Waals surface area contributed by atoms with Gasteiger partial charge in [0.25, 0.3) is 0 Å². The molecular weight excluding hydrogens is 200 g/mol. The fourth-order valence-electron chi connectivity index (χ4n) is 0.688. The minimum atomic E-state index is -1.33. The summed E-state index contributed by atoms with van der Waals surface area (Å²) in [6, 6.07) is 0. The topological polar surface area (TPSA) is 80.9 Å². The Morgan fingerprint density at radius 3 is 2.00 bits per heavy atom. The molecule has 0 aromatic rings. The smallest absolute Gasteiger partial charge is 0.109 e. The van der Waals surface area contributed by atoms with Crippen LogP contribution in [-0.4, -0.2) is 50.6 Å². The lowest BCUT2D eigenvalue weighted by molar-refractivity contribution is -0.0934. The van der Waals surface area contributed by atoms with Crippen LogP contribution in [0.1, 0.15) is 6.92 Å². The lowest BCUT2D eigenvalue weighted by Gasteiger charge is -2.23. The molecule has 0 aliphatic rings. The zero-order chi connectivity index (χ0) is 9.72. The van der Waals surface area contributed by atoms with E-state index in [4.69, 9.17) is 15.3 Å². The molecule has 4 nitrogen and oxygen atoms in total. The van der Waals surface area contributed by atoms with Crippen LogP contribution in [0, 0.1) is 0 Å². The fraction of sp³-hybridized carbons (Fsp3) is 1.00. The molecule has 0 spiro atoms. The second-order valence-electron chi connectivity index (χ2n) is 2.58. The molecule has 4 N–H and O–H groups in total. The maximum atomic E-state index is 9.18. The maximum Gasteiger partial charge on any atom is 0.109 e. The van der Waals surface area contributed by atoms with E-state index in [-0.39, 0.29) is 5.75 Å². The predicted molar refractivity (Wildman–Crippen MR) is 51.1 cm³/mol. The summed E-state index contributed by atoms with van der Waals surface area (Å²) in [7, 11) is 1.06. The third-order valence-corrected chi connectivity index (χ3v) is 2.42. The first-order valence-corrected chi connectivity index (χ1v) is 5.53. The van der Waals surface area contributed by atoms with E-state index in [1.54, 1.807) is 0 Å². The molecule has 4 atom stereocenters. The summed E-state index contributed by atoms with van der Waals surface area (Å²) < 4.78 is 0. The fourth-order valence-corrected chi connectivity index (χ4v) is 1.50. The van der Waals surface area contributed by atoms with Crippen molar-refractivity contribution >= 4 is 22.5 Å². The third kappa shape index (κ3) is 3.97. The van der Waals surface area contributed by atoms with E-state index in [0.717, 1.165) is 10.8 Å². The van der Waals surface area contributed by atoms with Gasteiger partial charge in [-0.15, -0.1) is 11.7 Å². The molecule has 6 heteroatoms. The molecule has 74 valence electrons. The Labute approximate surface area is 80.4 Å². The van der Waals surface area contributed by atoms with Crippen LogP contribution in [0.3, 0.4) is 0 Å². The Kier molecular flexibility index (Phi) is 6.34. The van der Waals surface area contributed by atoms with E-state index >= 15 is 0 Å². The first kappa shape index (κ1) is 12.5. The molecule has 0 aromatic carbocycles. The monoisotopic (exact) mass is 214 g/mol. The molecule has 0 rings (SSSR count). The van der Waals surface area contributed by atoms with Crippen molar-refractivity contribution in [1.29, 1.82) is 0 Å². The number of thiol groups is 1. The molecule has 0 fully saturated rings. The Hall–Kier alpha value is 0.540. The van der Waals surface area contributed by atoms with Crippen LogP contribution < -0.4 is 0 Å². The summed E-state index contributed by atoms with van der Waals surface area (Å²) in [6.07, 6.45) is -4.78. The van der Waals surface area contributed by atoms with Gasteiger partial charge >= 0.3 is 0 Å². The number of aliphatic hydroxyl groups is 4. The van der Waals surface area contributed by atoms with Gasteiger partial charge in [-0.3, -0.25) is 0 Å². The van der Waals surface area contributed by atoms with Gasteiger partial charge < -0.3 is 20.4 Å². The summed E-state index contributed by atoms with van der Waals surface area (Å²) >= 11 is 3.78. The average Bonchev–Trinajstić information content (AvgIpc) is 2.02. The van der Waals surface area contributed by atoms with Crippen molar-refractivity contribution in [2.45, 2.75) is 31.3 Å². The lowest BCUT2D eigenvalue weighted by atomic mass is 10.1. The molecule has 0 aliphatic carbocycles. The number of hydrogen-bond donors (Lipinski definition) is 5. The Bertz CT molecular complexity index is 122. The highest BCUT2D eigenvalue weighted by Gasteiger charge is 2.27. The van der Waals surface area contributed by atoms with Crippen LogP contribution in [0.25, 0.3) is 0 Å². The number of aliphatic hydroxyl groups excluding tert-OH is 4. The van der Waals surface area contributed by atoms with Crippen LogP contribution in [-0.2, 0) is 0 Å². The van der Waals surface area contributed by atoms with Crippen LogP contribution in [0.5, 0.6) is 0 Å². The van der Waals surface area contributed by atoms with E-state index in [9.17, 15) is 5.11 Å². The molecule has 0 bridgehead atoms. The van der Waals surface area contributed by atoms with Crippen molar-refractivity contribution in [2.75, 3.05) is 5.75 Å². The van der Waals surface area contributed by atoms with Gasteiger partial charge in [0.15, 0.2) is 0 Å². The predicted octanol–water partition coefficient (Wildman–Crippen LogP) is -0.972. The van der Waals surface area contributed by atoms with Crippen LogP contribution in [0.15, 0.2) is 0 Å². The lowest BCUT2D eigenvalue weighted by Crippen LogP contribution is -2.44. The average molecular weight is 214 g/mol. The summed E-state index contributed by atoms with van der Waals surface area (Å²) in [5, 5.41) is 36.3. The van der Waals surface area contributed by atoms with E-state index < -0.39 is 24.4 Å². The molecule has 4 unspecified atom stereocenters. The molecule has 12 heavy (non-hydrogen) atoms. The van der Waals surface area contributed by atoms with E-state index in [2.05, 4.69) is 11.7 Å². The molecule has 0 aliphatic heterocycles. The van der Waals surface area contributed by atoms with Gasteiger partial charge in [-0.1, -0.05) is 10.8 Å². The van der Waals surface area contributed by atoms with Crippen LogP contribution >= 0.6 is 22.5 Å². The van der Waals surface area contributed by atoms with Crippen molar-refractivity contribution in [3.63, 3.8) is 0 Å². The third-order valence-electron chi connectivity index (χ3n) is 1.48. The van der Waals surface area contributed by atoms with E-state index in [1.165, 1.54) is 6.92 Å². The van der Waals surface area contributed by atoms with Gasteiger partial charge in [-0.25, -0.2) is 0 Å². The largest absolute Gasteiger partial charge is 0.391 e. The highest BCUT2D eigenvalue weighted by Crippen LogP contribution is 2.12. The highest BCUT2D eigenvalue weighted by molar-refractivity contribution is 8.68. The zero-order valence-corrected chi connectivity index (χ0v) is 8.37. The van der Waals surface area contributed by atoms with Crippen molar-refractivity contribution < 1.29 is 20.4 Å². The van der Waals surface area contributed by atoms with Gasteiger partial charge in [0.1, 0.15) is 12.2 Å². The van der Waals surface area contributed by atoms with Crippen molar-refractivity contribution in [3.8, 4) is 0 Å². The normalized spacial score (nSPS) is 21.5. The van der Waals surface area contributed by atoms with Crippen molar-refractivity contribution in [2.24, 2.45) is 0 Å². The highest BCUT2D eigenvalue weighted by atomic mass is 33.1. The first-order valence-electron chi connectivity index (χ1n) is 3.49. The van der Waals surface area contributed by atoms with Crippen molar-refractivity contribution in [3.05, 3.63) is 0 Å². The molecule has 0 amide bonds. The number of rotatable bonds is 5. The summed E-state index contributed by atoms with van der Waals surface area (Å²) in [4.78, 5) is 0. The zero-order valence-electron chi connectivity index (χ0n) is 6.66. The minimum absolute atomic E-state index is 0.202. The van der Waals surface area contributed by atoms with Gasteiger partial charge in [-0.2, -0.15) is 0 Å². The van der Waals surface area contributed by atoms with Crippen LogP contribution in [0.2, 0.25) is 0 Å². The first-order chi connectivity index (χ1) is 5.50. The summed E-state index contributed by atoms with van der Waals surface area (Å²) in [6.45, 7) is 1.34. The van der Waals surface area contributed by atoms with Gasteiger partial charge in [0.05, 0.1) is 12.2 Å². The SMILES string of the molecule is CC(O)C(O)C(O)C(O)CSS. The summed E-state index contributed by atoms with van der Waals surface area (Å²) in [5.41, 5.74) is 0. The molecule has 0 radical (unpaired) electrons. The Morgan fingerprint density at radius 2 is 1.67 bits per heavy atom. The molecule has 0 heterocycles. The molecule has 0 saturated heterocycles. The molecule has 0 saturated carbocycles. The van der Waals surface area contributed by atoms with Gasteiger partial charge in [0.2, 0.25) is 0 Å². The minimum Gasteiger partial charge on any atom is -0.391 e. The van der Waals surface area contributed by atoms with Gasteiger partial charge in [-0.05, 0) is 6.92 Å². The molecule has 0 aromatic heterocycles. The van der Waals surface area contributed by atoms with Gasteiger partial charge in [0, 0.05) is 5.75 Å². The van der Waals surface area contributed by atoms with Crippen molar-refractivity contribution in [1.82, 2.24) is 0 Å². The maximum absolute atomic E-state index is 9.18. The van der Waals surface area contributed by atoms with Crippen LogP contribution in [0.4, 0.5) is 0 Å². The number of hydrogen-bond acceptors (Lipinski definition) is 6. The molecular formula is C6H14O4S2. The standard InChI is InChI=1S/C6H14O4S2/c1-3(7)5(9)6(10)4(8)2-12-11/h3-11H,2H2,1H3. The Balaban J connectivity index is 3.90.